The van der Waals surface area contributed by atoms with E-state index in [0.29, 0.717) is 5.41 Å². The van der Waals surface area contributed by atoms with Crippen LogP contribution >= 0.6 is 0 Å². The molecule has 0 rings (SSSR count). The van der Waals surface area contributed by atoms with Gasteiger partial charge in [0.25, 0.3) is 0 Å². The molecule has 0 bridgehead atoms. The summed E-state index contributed by atoms with van der Waals surface area (Å²) >= 11 is 0. The third-order valence-corrected chi connectivity index (χ3v) is 2.82. The molecule has 15 heavy (non-hydrogen) atoms. The van der Waals surface area contributed by atoms with Crippen molar-refractivity contribution in [2.45, 2.75) is 47.5 Å². The largest absolute Gasteiger partial charge is 0.317 e. The van der Waals surface area contributed by atoms with Crippen LogP contribution in [0.4, 0.5) is 0 Å². The van der Waals surface area contributed by atoms with Crippen molar-refractivity contribution in [2.75, 3.05) is 26.2 Å². The summed E-state index contributed by atoms with van der Waals surface area (Å²) in [6.45, 7) is 15.9. The molecule has 0 aromatic rings. The minimum atomic E-state index is 0.432. The summed E-state index contributed by atoms with van der Waals surface area (Å²) in [6.07, 6.45) is 2.61. The van der Waals surface area contributed by atoms with Gasteiger partial charge in [-0.2, -0.15) is 0 Å². The lowest BCUT2D eigenvalue weighted by Crippen LogP contribution is -2.31. The summed E-state index contributed by atoms with van der Waals surface area (Å²) in [4.78, 5) is 0. The van der Waals surface area contributed by atoms with E-state index in [-0.39, 0.29) is 0 Å². The Morgan fingerprint density at radius 2 is 1.67 bits per heavy atom. The van der Waals surface area contributed by atoms with E-state index in [9.17, 15) is 0 Å². The van der Waals surface area contributed by atoms with Crippen LogP contribution < -0.4 is 10.6 Å². The molecule has 0 amide bonds. The first kappa shape index (κ1) is 14.9. The summed E-state index contributed by atoms with van der Waals surface area (Å²) in [5, 5.41) is 6.84. The Morgan fingerprint density at radius 3 is 2.20 bits per heavy atom. The summed E-state index contributed by atoms with van der Waals surface area (Å²) in [5.74, 6) is 0.817. The summed E-state index contributed by atoms with van der Waals surface area (Å²) in [5.41, 5.74) is 0.432. The van der Waals surface area contributed by atoms with E-state index >= 15 is 0 Å². The van der Waals surface area contributed by atoms with Gasteiger partial charge in [-0.25, -0.2) is 0 Å². The van der Waals surface area contributed by atoms with Crippen molar-refractivity contribution >= 4 is 0 Å². The van der Waals surface area contributed by atoms with Gasteiger partial charge in [-0.3, -0.25) is 0 Å². The van der Waals surface area contributed by atoms with Crippen LogP contribution in [0.1, 0.15) is 47.5 Å². The molecule has 0 radical (unpaired) electrons. The Kier molecular flexibility index (Phi) is 8.07. The Bertz CT molecular complexity index is 143. The fraction of sp³-hybridized carbons (Fsp3) is 1.00. The number of hydrogen-bond acceptors (Lipinski definition) is 2. The van der Waals surface area contributed by atoms with Gasteiger partial charge in [0, 0.05) is 6.54 Å². The summed E-state index contributed by atoms with van der Waals surface area (Å²) < 4.78 is 0. The van der Waals surface area contributed by atoms with Crippen molar-refractivity contribution in [2.24, 2.45) is 11.3 Å². The molecule has 92 valence electrons. The van der Waals surface area contributed by atoms with Gasteiger partial charge in [0.15, 0.2) is 0 Å². The van der Waals surface area contributed by atoms with Gasteiger partial charge in [-0.15, -0.1) is 0 Å². The fourth-order valence-corrected chi connectivity index (χ4v) is 2.11. The summed E-state index contributed by atoms with van der Waals surface area (Å²) in [6, 6.07) is 0. The van der Waals surface area contributed by atoms with Gasteiger partial charge in [0.05, 0.1) is 0 Å². The van der Waals surface area contributed by atoms with E-state index in [0.717, 1.165) is 32.1 Å². The van der Waals surface area contributed by atoms with Gasteiger partial charge < -0.3 is 10.6 Å². The first-order valence-corrected chi connectivity index (χ1v) is 6.43. The fourth-order valence-electron chi connectivity index (χ4n) is 2.11. The zero-order valence-electron chi connectivity index (χ0n) is 11.3. The van der Waals surface area contributed by atoms with Gasteiger partial charge in [-0.05, 0) is 43.8 Å². The van der Waals surface area contributed by atoms with E-state index in [2.05, 4.69) is 45.3 Å². The van der Waals surface area contributed by atoms with E-state index in [1.165, 1.54) is 12.8 Å². The van der Waals surface area contributed by atoms with Crippen molar-refractivity contribution in [3.63, 3.8) is 0 Å². The maximum Gasteiger partial charge on any atom is 0.000250 e. The molecule has 0 saturated carbocycles. The second-order valence-electron chi connectivity index (χ2n) is 5.40. The molecule has 0 heterocycles. The van der Waals surface area contributed by atoms with Crippen LogP contribution in [0.3, 0.4) is 0 Å². The topological polar surface area (TPSA) is 24.1 Å². The highest BCUT2D eigenvalue weighted by atomic mass is 14.9. The van der Waals surface area contributed by atoms with Crippen molar-refractivity contribution in [3.8, 4) is 0 Å². The molecule has 0 aromatic carbocycles. The molecule has 0 aliphatic heterocycles. The van der Waals surface area contributed by atoms with Crippen LogP contribution in [-0.2, 0) is 0 Å². The van der Waals surface area contributed by atoms with Crippen molar-refractivity contribution in [1.29, 1.82) is 0 Å². The quantitative estimate of drug-likeness (QED) is 0.577. The molecular weight excluding hydrogens is 184 g/mol. The zero-order chi connectivity index (χ0) is 11.7. The van der Waals surface area contributed by atoms with Crippen LogP contribution in [0.15, 0.2) is 0 Å². The van der Waals surface area contributed by atoms with Crippen LogP contribution in [0.5, 0.6) is 0 Å². The maximum absolute atomic E-state index is 3.45. The number of rotatable bonds is 9. The molecule has 1 unspecified atom stereocenters. The normalized spacial score (nSPS) is 14.2. The molecule has 0 fully saturated rings. The number of hydrogen-bond donors (Lipinski definition) is 2. The standard InChI is InChI=1S/C13H30N2/c1-6-14-9-8-12(3)10-13(4,5)11-15-7-2/h12,14-15H,6-11H2,1-5H3. The van der Waals surface area contributed by atoms with Gasteiger partial charge in [0.2, 0.25) is 0 Å². The SMILES string of the molecule is CCNCCC(C)CC(C)(C)CNCC. The lowest BCUT2D eigenvalue weighted by Gasteiger charge is -2.28. The lowest BCUT2D eigenvalue weighted by molar-refractivity contribution is 0.258. The molecule has 0 aliphatic rings. The predicted octanol–water partition coefficient (Wildman–Crippen LogP) is 2.65. The van der Waals surface area contributed by atoms with E-state index < -0.39 is 0 Å². The Hall–Kier alpha value is -0.0800. The van der Waals surface area contributed by atoms with Crippen molar-refractivity contribution < 1.29 is 0 Å². The van der Waals surface area contributed by atoms with Crippen LogP contribution in [0, 0.1) is 11.3 Å². The first-order chi connectivity index (χ1) is 7.02. The molecule has 0 spiro atoms. The molecule has 2 nitrogen and oxygen atoms in total. The maximum atomic E-state index is 3.45. The molecule has 2 N–H and O–H groups in total. The smallest absolute Gasteiger partial charge is 0.000250 e. The minimum Gasteiger partial charge on any atom is -0.317 e. The van der Waals surface area contributed by atoms with Crippen LogP contribution in [0.25, 0.3) is 0 Å². The number of nitrogens with one attached hydrogen (secondary N) is 2. The summed E-state index contributed by atoms with van der Waals surface area (Å²) in [7, 11) is 0. The third-order valence-electron chi connectivity index (χ3n) is 2.82. The highest BCUT2D eigenvalue weighted by molar-refractivity contribution is 4.74. The monoisotopic (exact) mass is 214 g/mol. The average molecular weight is 214 g/mol. The average Bonchev–Trinajstić information content (AvgIpc) is 2.14. The molecule has 0 aromatic heterocycles. The van der Waals surface area contributed by atoms with Gasteiger partial charge >= 0.3 is 0 Å². The zero-order valence-corrected chi connectivity index (χ0v) is 11.3. The van der Waals surface area contributed by atoms with Crippen LogP contribution in [-0.4, -0.2) is 26.2 Å². The molecule has 2 heteroatoms. The van der Waals surface area contributed by atoms with Gasteiger partial charge in [-0.1, -0.05) is 34.6 Å². The molecule has 0 saturated heterocycles. The second-order valence-corrected chi connectivity index (χ2v) is 5.40. The third kappa shape index (κ3) is 8.88. The Labute approximate surface area is 96.2 Å². The van der Waals surface area contributed by atoms with E-state index in [4.69, 9.17) is 0 Å². The Balaban J connectivity index is 3.67. The molecule has 0 aliphatic carbocycles. The first-order valence-electron chi connectivity index (χ1n) is 6.43. The highest BCUT2D eigenvalue weighted by Crippen LogP contribution is 2.25. The minimum absolute atomic E-state index is 0.432. The van der Waals surface area contributed by atoms with E-state index in [1.807, 2.05) is 0 Å². The van der Waals surface area contributed by atoms with Crippen LogP contribution in [0.2, 0.25) is 0 Å². The molecular formula is C13H30N2. The second kappa shape index (κ2) is 8.12. The molecule has 1 atom stereocenters. The van der Waals surface area contributed by atoms with E-state index in [1.54, 1.807) is 0 Å². The predicted molar refractivity (Wildman–Crippen MR) is 69.3 cm³/mol. The highest BCUT2D eigenvalue weighted by Gasteiger charge is 2.20. The lowest BCUT2D eigenvalue weighted by atomic mass is 9.82. The van der Waals surface area contributed by atoms with Gasteiger partial charge in [0.1, 0.15) is 0 Å². The van der Waals surface area contributed by atoms with Crippen molar-refractivity contribution in [1.82, 2.24) is 10.6 Å². The Morgan fingerprint density at radius 1 is 1.07 bits per heavy atom. The van der Waals surface area contributed by atoms with Crippen molar-refractivity contribution in [3.05, 3.63) is 0 Å².